The molecule has 3 heterocycles. The van der Waals surface area contributed by atoms with Crippen LogP contribution in [0.1, 0.15) is 6.92 Å². The lowest BCUT2D eigenvalue weighted by atomic mass is 10.2. The highest BCUT2D eigenvalue weighted by molar-refractivity contribution is 7.22. The van der Waals surface area contributed by atoms with E-state index in [1.807, 2.05) is 31.3 Å². The molecule has 0 unspecified atom stereocenters. The summed E-state index contributed by atoms with van der Waals surface area (Å²) in [5.41, 5.74) is 4.16. The van der Waals surface area contributed by atoms with Gasteiger partial charge in [-0.25, -0.2) is 9.97 Å². The van der Waals surface area contributed by atoms with Crippen LogP contribution in [0.25, 0.3) is 31.6 Å². The number of aromatic amines is 1. The summed E-state index contributed by atoms with van der Waals surface area (Å²) in [6.07, 6.45) is 3.55. The molecule has 0 saturated carbocycles. The second-order valence-electron chi connectivity index (χ2n) is 7.02. The molecule has 31 heavy (non-hydrogen) atoms. The zero-order valence-corrected chi connectivity index (χ0v) is 17.9. The molecule has 3 aromatic heterocycles. The first kappa shape index (κ1) is 19.5. The largest absolute Gasteiger partial charge is 0.491 e. The van der Waals surface area contributed by atoms with Crippen LogP contribution in [-0.2, 0) is 4.74 Å². The van der Waals surface area contributed by atoms with E-state index in [1.54, 1.807) is 17.7 Å². The van der Waals surface area contributed by atoms with Crippen LogP contribution in [0.2, 0.25) is 0 Å². The number of anilines is 2. The van der Waals surface area contributed by atoms with Crippen molar-refractivity contribution in [2.24, 2.45) is 0 Å². The molecule has 0 amide bonds. The Kier molecular flexibility index (Phi) is 5.52. The average Bonchev–Trinajstić information content (AvgIpc) is 3.44. The Bertz CT molecular complexity index is 1310. The Morgan fingerprint density at radius 3 is 2.77 bits per heavy atom. The van der Waals surface area contributed by atoms with Crippen molar-refractivity contribution in [2.75, 3.05) is 25.1 Å². The van der Waals surface area contributed by atoms with Crippen LogP contribution < -0.4 is 10.1 Å². The van der Waals surface area contributed by atoms with Crippen LogP contribution in [-0.4, -0.2) is 34.8 Å². The van der Waals surface area contributed by atoms with E-state index in [0.29, 0.717) is 19.8 Å². The molecular weight excluding hydrogens is 408 g/mol. The summed E-state index contributed by atoms with van der Waals surface area (Å²) in [6.45, 7) is 3.83. The van der Waals surface area contributed by atoms with Crippen LogP contribution in [0, 0.1) is 0 Å². The summed E-state index contributed by atoms with van der Waals surface area (Å²) < 4.78 is 12.1. The Labute approximate surface area is 183 Å². The normalized spacial score (nSPS) is 11.3. The van der Waals surface area contributed by atoms with Crippen molar-refractivity contribution in [3.63, 3.8) is 0 Å². The van der Waals surface area contributed by atoms with Crippen molar-refractivity contribution in [3.8, 4) is 16.2 Å². The molecule has 156 valence electrons. The van der Waals surface area contributed by atoms with Gasteiger partial charge in [0.2, 0.25) is 0 Å². The van der Waals surface area contributed by atoms with Gasteiger partial charge in [0.15, 0.2) is 5.82 Å². The molecule has 5 aromatic rings. The fourth-order valence-corrected chi connectivity index (χ4v) is 4.49. The third kappa shape index (κ3) is 4.23. The average molecular weight is 431 g/mol. The molecule has 0 spiro atoms. The van der Waals surface area contributed by atoms with Crippen molar-refractivity contribution in [2.45, 2.75) is 6.92 Å². The number of rotatable bonds is 8. The highest BCUT2D eigenvalue weighted by Crippen LogP contribution is 2.37. The summed E-state index contributed by atoms with van der Waals surface area (Å²) in [5.74, 6) is 1.65. The van der Waals surface area contributed by atoms with Gasteiger partial charge in [0.1, 0.15) is 18.7 Å². The highest BCUT2D eigenvalue weighted by Gasteiger charge is 2.11. The van der Waals surface area contributed by atoms with Crippen LogP contribution in [0.4, 0.5) is 11.5 Å². The zero-order chi connectivity index (χ0) is 21.0. The van der Waals surface area contributed by atoms with E-state index in [2.05, 4.69) is 56.7 Å². The first-order valence-corrected chi connectivity index (χ1v) is 11.0. The van der Waals surface area contributed by atoms with Crippen molar-refractivity contribution in [1.29, 1.82) is 0 Å². The fourth-order valence-electron chi connectivity index (χ4n) is 3.43. The van der Waals surface area contributed by atoms with Crippen molar-refractivity contribution in [1.82, 2.24) is 15.0 Å². The van der Waals surface area contributed by atoms with Gasteiger partial charge in [-0.3, -0.25) is 0 Å². The van der Waals surface area contributed by atoms with E-state index in [-0.39, 0.29) is 0 Å². The van der Waals surface area contributed by atoms with Crippen molar-refractivity contribution < 1.29 is 9.47 Å². The van der Waals surface area contributed by atoms with Gasteiger partial charge in [-0.15, -0.1) is 11.3 Å². The van der Waals surface area contributed by atoms with Crippen molar-refractivity contribution in [3.05, 3.63) is 67.1 Å². The van der Waals surface area contributed by atoms with Crippen molar-refractivity contribution >= 4 is 44.0 Å². The minimum Gasteiger partial charge on any atom is -0.491 e. The summed E-state index contributed by atoms with van der Waals surface area (Å²) in [6, 6.07) is 18.5. The Morgan fingerprint density at radius 2 is 1.90 bits per heavy atom. The molecule has 0 aliphatic heterocycles. The first-order chi connectivity index (χ1) is 15.3. The second kappa shape index (κ2) is 8.75. The summed E-state index contributed by atoms with van der Waals surface area (Å²) in [7, 11) is 0. The van der Waals surface area contributed by atoms with Gasteiger partial charge in [0.25, 0.3) is 0 Å². The predicted octanol–water partition coefficient (Wildman–Crippen LogP) is 6.00. The molecular formula is C24H22N4O2S. The number of H-pyrrole nitrogens is 1. The standard InChI is InChI=1S/C24H22N4O2S/c1-2-29-11-12-30-19-6-3-16(4-7-19)22-14-21-23(31-22)24(27-15-26-21)28-18-5-8-20-17(13-18)9-10-25-20/h3-10,13-15,25H,2,11-12H2,1H3,(H,26,27,28). The second-order valence-corrected chi connectivity index (χ2v) is 8.07. The molecule has 0 radical (unpaired) electrons. The quantitative estimate of drug-likeness (QED) is 0.296. The Balaban J connectivity index is 1.37. The van der Waals surface area contributed by atoms with E-state index >= 15 is 0 Å². The Hall–Kier alpha value is -3.42. The van der Waals surface area contributed by atoms with E-state index in [0.717, 1.165) is 48.8 Å². The molecule has 0 fully saturated rings. The minimum absolute atomic E-state index is 0.551. The predicted molar refractivity (Wildman–Crippen MR) is 126 cm³/mol. The maximum absolute atomic E-state index is 5.71. The number of nitrogens with one attached hydrogen (secondary N) is 2. The van der Waals surface area contributed by atoms with Crippen LogP contribution >= 0.6 is 11.3 Å². The van der Waals surface area contributed by atoms with Gasteiger partial charge in [-0.1, -0.05) is 0 Å². The molecule has 0 saturated heterocycles. The highest BCUT2D eigenvalue weighted by atomic mass is 32.1. The first-order valence-electron chi connectivity index (χ1n) is 10.2. The molecule has 6 nitrogen and oxygen atoms in total. The van der Waals surface area contributed by atoms with E-state index in [4.69, 9.17) is 9.47 Å². The molecule has 0 atom stereocenters. The third-order valence-electron chi connectivity index (χ3n) is 4.97. The molecule has 2 aromatic carbocycles. The monoisotopic (exact) mass is 430 g/mol. The Morgan fingerprint density at radius 1 is 1.00 bits per heavy atom. The summed E-state index contributed by atoms with van der Waals surface area (Å²) in [4.78, 5) is 13.3. The van der Waals surface area contributed by atoms with Crippen LogP contribution in [0.5, 0.6) is 5.75 Å². The van der Waals surface area contributed by atoms with Gasteiger partial charge in [0, 0.05) is 34.3 Å². The molecule has 5 rings (SSSR count). The number of hydrogen-bond acceptors (Lipinski definition) is 6. The lowest BCUT2D eigenvalue weighted by molar-refractivity contribution is 0.110. The molecule has 0 bridgehead atoms. The maximum Gasteiger partial charge on any atom is 0.151 e. The van der Waals surface area contributed by atoms with Gasteiger partial charge in [-0.05, 0) is 67.1 Å². The number of ether oxygens (including phenoxy) is 2. The van der Waals surface area contributed by atoms with Crippen LogP contribution in [0.3, 0.4) is 0 Å². The smallest absolute Gasteiger partial charge is 0.151 e. The van der Waals surface area contributed by atoms with Gasteiger partial charge < -0.3 is 19.8 Å². The van der Waals surface area contributed by atoms with Crippen LogP contribution in [0.15, 0.2) is 67.1 Å². The molecule has 2 N–H and O–H groups in total. The lowest BCUT2D eigenvalue weighted by Gasteiger charge is -2.07. The van der Waals surface area contributed by atoms with E-state index < -0.39 is 0 Å². The summed E-state index contributed by atoms with van der Waals surface area (Å²) >= 11 is 1.68. The van der Waals surface area contributed by atoms with E-state index in [1.165, 1.54) is 0 Å². The SMILES string of the molecule is CCOCCOc1ccc(-c2cc3ncnc(Nc4ccc5[nH]ccc5c4)c3s2)cc1. The number of benzene rings is 2. The minimum atomic E-state index is 0.551. The topological polar surface area (TPSA) is 72.1 Å². The van der Waals surface area contributed by atoms with Gasteiger partial charge in [0.05, 0.1) is 16.8 Å². The number of fused-ring (bicyclic) bond motifs is 2. The fraction of sp³-hybridized carbons (Fsp3) is 0.167. The van der Waals surface area contributed by atoms with E-state index in [9.17, 15) is 0 Å². The van der Waals surface area contributed by atoms with Gasteiger partial charge >= 0.3 is 0 Å². The lowest BCUT2D eigenvalue weighted by Crippen LogP contribution is -2.06. The van der Waals surface area contributed by atoms with Gasteiger partial charge in [-0.2, -0.15) is 0 Å². The summed E-state index contributed by atoms with van der Waals surface area (Å²) in [5, 5.41) is 4.61. The number of hydrogen-bond donors (Lipinski definition) is 2. The number of nitrogens with zero attached hydrogens (tertiary/aromatic N) is 2. The zero-order valence-electron chi connectivity index (χ0n) is 17.1. The molecule has 7 heteroatoms. The number of aromatic nitrogens is 3. The number of thiophene rings is 1. The molecule has 0 aliphatic rings. The molecule has 0 aliphatic carbocycles. The third-order valence-corrected chi connectivity index (χ3v) is 6.15. The maximum atomic E-state index is 5.71.